The van der Waals surface area contributed by atoms with Crippen LogP contribution in [0.2, 0.25) is 5.02 Å². The van der Waals surface area contributed by atoms with Crippen molar-refractivity contribution >= 4 is 35.0 Å². The summed E-state index contributed by atoms with van der Waals surface area (Å²) < 4.78 is 10.3. The van der Waals surface area contributed by atoms with Gasteiger partial charge in [-0.3, -0.25) is 19.3 Å². The lowest BCUT2D eigenvalue weighted by molar-refractivity contribution is -0.116. The van der Waals surface area contributed by atoms with Crippen LogP contribution in [-0.4, -0.2) is 43.4 Å². The average Bonchev–Trinajstić information content (AvgIpc) is 2.90. The summed E-state index contributed by atoms with van der Waals surface area (Å²) in [4.78, 5) is 38.1. The Morgan fingerprint density at radius 1 is 1.04 bits per heavy atom. The molecule has 27 heavy (non-hydrogen) atoms. The van der Waals surface area contributed by atoms with E-state index in [0.29, 0.717) is 27.8 Å². The number of hydrogen-bond acceptors (Lipinski definition) is 5. The van der Waals surface area contributed by atoms with Gasteiger partial charge in [-0.15, -0.1) is 0 Å². The van der Waals surface area contributed by atoms with Gasteiger partial charge in [-0.25, -0.2) is 0 Å². The fourth-order valence-corrected chi connectivity index (χ4v) is 2.97. The minimum Gasteiger partial charge on any atom is -0.497 e. The number of nitrogens with zero attached hydrogens (tertiary/aromatic N) is 1. The van der Waals surface area contributed by atoms with E-state index >= 15 is 0 Å². The zero-order valence-electron chi connectivity index (χ0n) is 14.7. The topological polar surface area (TPSA) is 84.9 Å². The van der Waals surface area contributed by atoms with Gasteiger partial charge in [0, 0.05) is 24.1 Å². The largest absolute Gasteiger partial charge is 0.497 e. The lowest BCUT2D eigenvalue weighted by Crippen LogP contribution is -2.32. The minimum absolute atomic E-state index is 0.0335. The van der Waals surface area contributed by atoms with Crippen LogP contribution in [0, 0.1) is 0 Å². The van der Waals surface area contributed by atoms with Crippen LogP contribution in [0.4, 0.5) is 5.69 Å². The molecule has 1 aliphatic rings. The molecule has 0 saturated heterocycles. The van der Waals surface area contributed by atoms with Crippen molar-refractivity contribution in [2.24, 2.45) is 0 Å². The van der Waals surface area contributed by atoms with Crippen molar-refractivity contribution in [1.82, 2.24) is 4.90 Å². The highest BCUT2D eigenvalue weighted by molar-refractivity contribution is 6.32. The van der Waals surface area contributed by atoms with Gasteiger partial charge < -0.3 is 14.8 Å². The molecular weight excluding hydrogens is 372 g/mol. The van der Waals surface area contributed by atoms with E-state index < -0.39 is 11.8 Å². The minimum atomic E-state index is -0.452. The number of carbonyl (C=O) groups is 3. The summed E-state index contributed by atoms with van der Waals surface area (Å²) in [5.41, 5.74) is 1.02. The number of nitrogens with one attached hydrogen (secondary N) is 1. The monoisotopic (exact) mass is 388 g/mol. The molecule has 0 unspecified atom stereocenters. The number of methoxy groups -OCH3 is 2. The molecule has 0 atom stereocenters. The third-order valence-corrected chi connectivity index (χ3v) is 4.41. The lowest BCUT2D eigenvalue weighted by atomic mass is 10.1. The summed E-state index contributed by atoms with van der Waals surface area (Å²) >= 11 is 5.89. The molecule has 0 fully saturated rings. The number of hydrogen-bond donors (Lipinski definition) is 1. The highest BCUT2D eigenvalue weighted by atomic mass is 35.5. The zero-order valence-corrected chi connectivity index (χ0v) is 15.5. The van der Waals surface area contributed by atoms with Gasteiger partial charge in [-0.2, -0.15) is 0 Å². The standard InChI is InChI=1S/C19H17ClN2O5/c1-26-12-4-6-15(16(10-12)27-2)21-17(23)7-8-22-18(24)13-5-3-11(20)9-14(13)19(22)25/h3-6,9-10H,7-8H2,1-2H3,(H,21,23). The van der Waals surface area contributed by atoms with E-state index in [1.807, 2.05) is 0 Å². The Morgan fingerprint density at radius 2 is 1.78 bits per heavy atom. The molecule has 0 radical (unpaired) electrons. The molecule has 0 aliphatic carbocycles. The van der Waals surface area contributed by atoms with Crippen LogP contribution in [0.5, 0.6) is 11.5 Å². The summed E-state index contributed by atoms with van der Waals surface area (Å²) in [6, 6.07) is 9.51. The first-order valence-electron chi connectivity index (χ1n) is 8.12. The first kappa shape index (κ1) is 18.7. The Bertz CT molecular complexity index is 928. The van der Waals surface area contributed by atoms with Crippen molar-refractivity contribution < 1.29 is 23.9 Å². The first-order chi connectivity index (χ1) is 12.9. The number of imide groups is 1. The molecule has 0 aromatic heterocycles. The van der Waals surface area contributed by atoms with Crippen LogP contribution in [-0.2, 0) is 4.79 Å². The SMILES string of the molecule is COc1ccc(NC(=O)CCN2C(=O)c3ccc(Cl)cc3C2=O)c(OC)c1. The summed E-state index contributed by atoms with van der Waals surface area (Å²) in [5, 5.41) is 3.08. The second-order valence-corrected chi connectivity index (χ2v) is 6.25. The van der Waals surface area contributed by atoms with Crippen LogP contribution in [0.1, 0.15) is 27.1 Å². The molecule has 1 N–H and O–H groups in total. The van der Waals surface area contributed by atoms with Crippen molar-refractivity contribution in [1.29, 1.82) is 0 Å². The van der Waals surface area contributed by atoms with Gasteiger partial charge in [-0.05, 0) is 30.3 Å². The molecule has 3 rings (SSSR count). The molecule has 1 aliphatic heterocycles. The van der Waals surface area contributed by atoms with Crippen molar-refractivity contribution in [3.63, 3.8) is 0 Å². The maximum Gasteiger partial charge on any atom is 0.261 e. The molecule has 2 aromatic rings. The average molecular weight is 389 g/mol. The quantitative estimate of drug-likeness (QED) is 0.769. The number of rotatable bonds is 6. The number of carbonyl (C=O) groups excluding carboxylic acids is 3. The van der Waals surface area contributed by atoms with Crippen molar-refractivity contribution in [2.75, 3.05) is 26.1 Å². The fraction of sp³-hybridized carbons (Fsp3) is 0.211. The van der Waals surface area contributed by atoms with E-state index in [9.17, 15) is 14.4 Å². The van der Waals surface area contributed by atoms with Gasteiger partial charge in [0.1, 0.15) is 11.5 Å². The Balaban J connectivity index is 1.65. The van der Waals surface area contributed by atoms with E-state index in [2.05, 4.69) is 5.32 Å². The molecule has 0 bridgehead atoms. The third-order valence-electron chi connectivity index (χ3n) is 4.18. The first-order valence-corrected chi connectivity index (χ1v) is 8.50. The van der Waals surface area contributed by atoms with Crippen molar-refractivity contribution in [3.05, 3.63) is 52.5 Å². The van der Waals surface area contributed by atoms with E-state index in [0.717, 1.165) is 4.90 Å². The van der Waals surface area contributed by atoms with Crippen LogP contribution in [0.15, 0.2) is 36.4 Å². The van der Waals surface area contributed by atoms with Gasteiger partial charge in [-0.1, -0.05) is 11.6 Å². The molecule has 3 amide bonds. The van der Waals surface area contributed by atoms with Crippen molar-refractivity contribution in [3.8, 4) is 11.5 Å². The molecule has 7 nitrogen and oxygen atoms in total. The molecule has 1 heterocycles. The van der Waals surface area contributed by atoms with Gasteiger partial charge in [0.15, 0.2) is 0 Å². The normalized spacial score (nSPS) is 12.8. The maximum atomic E-state index is 12.4. The second kappa shape index (κ2) is 7.67. The molecule has 0 saturated carbocycles. The second-order valence-electron chi connectivity index (χ2n) is 5.82. The van der Waals surface area contributed by atoms with E-state index in [1.165, 1.54) is 26.4 Å². The Labute approximate surface area is 160 Å². The van der Waals surface area contributed by atoms with Crippen LogP contribution in [0.25, 0.3) is 0 Å². The zero-order chi connectivity index (χ0) is 19.6. The lowest BCUT2D eigenvalue weighted by Gasteiger charge is -2.15. The summed E-state index contributed by atoms with van der Waals surface area (Å²) in [7, 11) is 3.01. The molecule has 8 heteroatoms. The molecule has 2 aromatic carbocycles. The predicted molar refractivity (Wildman–Crippen MR) is 99.6 cm³/mol. The number of benzene rings is 2. The van der Waals surface area contributed by atoms with Crippen LogP contribution in [0.3, 0.4) is 0 Å². The number of halogens is 1. The Morgan fingerprint density at radius 3 is 2.48 bits per heavy atom. The summed E-state index contributed by atoms with van der Waals surface area (Å²) in [6.07, 6.45) is -0.0472. The number of fused-ring (bicyclic) bond motifs is 1. The predicted octanol–water partition coefficient (Wildman–Crippen LogP) is 2.98. The highest BCUT2D eigenvalue weighted by Gasteiger charge is 2.35. The fourth-order valence-electron chi connectivity index (χ4n) is 2.79. The van der Waals surface area contributed by atoms with Gasteiger partial charge in [0.05, 0.1) is 31.0 Å². The smallest absolute Gasteiger partial charge is 0.261 e. The molecular formula is C19H17ClN2O5. The molecule has 140 valence electrons. The maximum absolute atomic E-state index is 12.4. The Kier molecular flexibility index (Phi) is 5.32. The number of amides is 3. The van der Waals surface area contributed by atoms with Crippen molar-refractivity contribution in [2.45, 2.75) is 6.42 Å². The van der Waals surface area contributed by atoms with E-state index in [4.69, 9.17) is 21.1 Å². The van der Waals surface area contributed by atoms with Gasteiger partial charge in [0.25, 0.3) is 11.8 Å². The summed E-state index contributed by atoms with van der Waals surface area (Å²) in [5.74, 6) is -0.200. The third kappa shape index (κ3) is 3.73. The Hall–Kier alpha value is -3.06. The van der Waals surface area contributed by atoms with Crippen LogP contribution >= 0.6 is 11.6 Å². The molecule has 0 spiro atoms. The number of ether oxygens (including phenoxy) is 2. The van der Waals surface area contributed by atoms with Gasteiger partial charge >= 0.3 is 0 Å². The van der Waals surface area contributed by atoms with Crippen LogP contribution < -0.4 is 14.8 Å². The van der Waals surface area contributed by atoms with E-state index in [1.54, 1.807) is 24.3 Å². The summed E-state index contributed by atoms with van der Waals surface area (Å²) in [6.45, 7) is -0.0335. The number of anilines is 1. The highest BCUT2D eigenvalue weighted by Crippen LogP contribution is 2.29. The van der Waals surface area contributed by atoms with E-state index in [-0.39, 0.29) is 24.4 Å². The van der Waals surface area contributed by atoms with Gasteiger partial charge in [0.2, 0.25) is 5.91 Å².